The molecule has 0 radical (unpaired) electrons. The lowest BCUT2D eigenvalue weighted by Crippen LogP contribution is -2.36. The van der Waals surface area contributed by atoms with E-state index in [1.165, 1.54) is 0 Å². The van der Waals surface area contributed by atoms with Gasteiger partial charge in [0.1, 0.15) is 5.65 Å². The minimum atomic E-state index is 0.545. The molecule has 0 unspecified atom stereocenters. The standard InChI is InChI=1S/C18H19N5OS/c25-18(21-13-4-2-1-3-5-13)22-14-12-20-17-16(14)15(6-7-19-17)23-8-10-24-11-9-23/h1-7,12H,8-11H2,(H,19,20)(H2,21,22,25). The molecule has 1 saturated heterocycles. The Kier molecular flexibility index (Phi) is 4.49. The van der Waals surface area contributed by atoms with E-state index in [0.717, 1.165) is 54.4 Å². The van der Waals surface area contributed by atoms with Crippen molar-refractivity contribution < 1.29 is 4.74 Å². The third-order valence-corrected chi connectivity index (χ3v) is 4.39. The molecular weight excluding hydrogens is 334 g/mol. The predicted molar refractivity (Wildman–Crippen MR) is 105 cm³/mol. The largest absolute Gasteiger partial charge is 0.378 e. The number of benzene rings is 1. The zero-order valence-corrected chi connectivity index (χ0v) is 14.5. The zero-order chi connectivity index (χ0) is 17.1. The minimum absolute atomic E-state index is 0.545. The lowest BCUT2D eigenvalue weighted by molar-refractivity contribution is 0.123. The van der Waals surface area contributed by atoms with Crippen LogP contribution in [-0.2, 0) is 4.74 Å². The van der Waals surface area contributed by atoms with Gasteiger partial charge in [-0.05, 0) is 30.4 Å². The van der Waals surface area contributed by atoms with E-state index in [0.29, 0.717) is 5.11 Å². The number of nitrogens with one attached hydrogen (secondary N) is 3. The number of ether oxygens (including phenoxy) is 1. The van der Waals surface area contributed by atoms with Gasteiger partial charge < -0.3 is 25.3 Å². The van der Waals surface area contributed by atoms with E-state index in [4.69, 9.17) is 17.0 Å². The van der Waals surface area contributed by atoms with Gasteiger partial charge in [-0.1, -0.05) is 18.2 Å². The second-order valence-corrected chi connectivity index (χ2v) is 6.21. The second-order valence-electron chi connectivity index (χ2n) is 5.80. The molecule has 1 aliphatic rings. The van der Waals surface area contributed by atoms with E-state index in [1.807, 2.05) is 48.8 Å². The Labute approximate surface area is 151 Å². The van der Waals surface area contributed by atoms with Crippen molar-refractivity contribution in [2.24, 2.45) is 0 Å². The molecule has 7 heteroatoms. The highest BCUT2D eigenvalue weighted by Crippen LogP contribution is 2.32. The normalized spacial score (nSPS) is 14.5. The number of nitrogens with zero attached hydrogens (tertiary/aromatic N) is 2. The molecule has 25 heavy (non-hydrogen) atoms. The van der Waals surface area contributed by atoms with Crippen LogP contribution in [0.5, 0.6) is 0 Å². The Morgan fingerprint density at radius 3 is 2.72 bits per heavy atom. The summed E-state index contributed by atoms with van der Waals surface area (Å²) in [4.78, 5) is 9.97. The Hall–Kier alpha value is -2.64. The highest BCUT2D eigenvalue weighted by atomic mass is 32.1. The van der Waals surface area contributed by atoms with Crippen LogP contribution >= 0.6 is 12.2 Å². The molecule has 3 heterocycles. The fourth-order valence-electron chi connectivity index (χ4n) is 3.01. The van der Waals surface area contributed by atoms with Crippen molar-refractivity contribution in [3.05, 3.63) is 48.8 Å². The molecule has 0 bridgehead atoms. The molecule has 6 nitrogen and oxygen atoms in total. The van der Waals surface area contributed by atoms with E-state index >= 15 is 0 Å². The van der Waals surface area contributed by atoms with Crippen molar-refractivity contribution in [1.82, 2.24) is 9.97 Å². The molecule has 0 amide bonds. The molecule has 0 saturated carbocycles. The number of anilines is 3. The SMILES string of the molecule is S=C(Nc1ccccc1)Nc1c[nH]c2nccc(N3CCOCC3)c12. The number of thiocarbonyl (C=S) groups is 1. The Bertz CT molecular complexity index is 874. The van der Waals surface area contributed by atoms with Crippen molar-refractivity contribution in [1.29, 1.82) is 0 Å². The summed E-state index contributed by atoms with van der Waals surface area (Å²) in [5, 5.41) is 8.07. The molecule has 3 N–H and O–H groups in total. The molecule has 0 aliphatic carbocycles. The number of para-hydroxylation sites is 1. The van der Waals surface area contributed by atoms with Crippen LogP contribution in [-0.4, -0.2) is 41.4 Å². The smallest absolute Gasteiger partial charge is 0.175 e. The van der Waals surface area contributed by atoms with Gasteiger partial charge in [0.05, 0.1) is 30.0 Å². The molecule has 1 aliphatic heterocycles. The van der Waals surface area contributed by atoms with E-state index in [1.54, 1.807) is 0 Å². The molecular formula is C18H19N5OS. The Balaban J connectivity index is 1.60. The van der Waals surface area contributed by atoms with E-state index in [-0.39, 0.29) is 0 Å². The molecule has 0 atom stereocenters. The molecule has 128 valence electrons. The summed E-state index contributed by atoms with van der Waals surface area (Å²) < 4.78 is 5.46. The zero-order valence-electron chi connectivity index (χ0n) is 13.7. The number of fused-ring (bicyclic) bond motifs is 1. The lowest BCUT2D eigenvalue weighted by Gasteiger charge is -2.29. The summed E-state index contributed by atoms with van der Waals surface area (Å²) in [5.74, 6) is 0. The maximum Gasteiger partial charge on any atom is 0.175 e. The number of pyridine rings is 1. The topological polar surface area (TPSA) is 65.2 Å². The first-order valence-electron chi connectivity index (χ1n) is 8.23. The summed E-state index contributed by atoms with van der Waals surface area (Å²) in [5.41, 5.74) is 3.85. The first kappa shape index (κ1) is 15.9. The average Bonchev–Trinajstić information content (AvgIpc) is 3.06. The Morgan fingerprint density at radius 1 is 1.12 bits per heavy atom. The van der Waals surface area contributed by atoms with Gasteiger partial charge in [0.25, 0.3) is 0 Å². The van der Waals surface area contributed by atoms with Gasteiger partial charge in [-0.3, -0.25) is 0 Å². The van der Waals surface area contributed by atoms with E-state index in [2.05, 4.69) is 25.5 Å². The van der Waals surface area contributed by atoms with E-state index < -0.39 is 0 Å². The highest BCUT2D eigenvalue weighted by Gasteiger charge is 2.18. The maximum atomic E-state index is 5.46. The second kappa shape index (κ2) is 7.08. The van der Waals surface area contributed by atoms with Crippen LogP contribution in [0.15, 0.2) is 48.8 Å². The van der Waals surface area contributed by atoms with Crippen molar-refractivity contribution in [2.75, 3.05) is 41.8 Å². The fraction of sp³-hybridized carbons (Fsp3) is 0.222. The summed E-state index contributed by atoms with van der Waals surface area (Å²) >= 11 is 5.46. The van der Waals surface area contributed by atoms with Crippen LogP contribution in [0.2, 0.25) is 0 Å². The summed E-state index contributed by atoms with van der Waals surface area (Å²) in [6.07, 6.45) is 3.73. The molecule has 2 aromatic heterocycles. The average molecular weight is 353 g/mol. The third kappa shape index (κ3) is 3.42. The van der Waals surface area contributed by atoms with Crippen molar-refractivity contribution in [2.45, 2.75) is 0 Å². The van der Waals surface area contributed by atoms with Crippen LogP contribution in [0.3, 0.4) is 0 Å². The van der Waals surface area contributed by atoms with Gasteiger partial charge in [-0.15, -0.1) is 0 Å². The van der Waals surface area contributed by atoms with Gasteiger partial charge in [0.2, 0.25) is 0 Å². The highest BCUT2D eigenvalue weighted by molar-refractivity contribution is 7.80. The molecule has 0 spiro atoms. The number of aromatic amines is 1. The molecule has 3 aromatic rings. The molecule has 1 aromatic carbocycles. The number of morpholine rings is 1. The fourth-order valence-corrected chi connectivity index (χ4v) is 3.24. The van der Waals surface area contributed by atoms with Crippen LogP contribution in [0.25, 0.3) is 11.0 Å². The first-order valence-corrected chi connectivity index (χ1v) is 8.64. The number of aromatic nitrogens is 2. The number of hydrogen-bond donors (Lipinski definition) is 3. The van der Waals surface area contributed by atoms with Crippen LogP contribution < -0.4 is 15.5 Å². The van der Waals surface area contributed by atoms with Gasteiger partial charge >= 0.3 is 0 Å². The van der Waals surface area contributed by atoms with E-state index in [9.17, 15) is 0 Å². The van der Waals surface area contributed by atoms with Crippen LogP contribution in [0.4, 0.5) is 17.1 Å². The summed E-state index contributed by atoms with van der Waals surface area (Å²) in [7, 11) is 0. The summed E-state index contributed by atoms with van der Waals surface area (Å²) in [6.45, 7) is 3.23. The molecule has 4 rings (SSSR count). The van der Waals surface area contributed by atoms with Crippen molar-refractivity contribution >= 4 is 45.4 Å². The van der Waals surface area contributed by atoms with Crippen molar-refractivity contribution in [3.63, 3.8) is 0 Å². The van der Waals surface area contributed by atoms with Crippen molar-refractivity contribution in [3.8, 4) is 0 Å². The molecule has 1 fully saturated rings. The lowest BCUT2D eigenvalue weighted by atomic mass is 10.2. The van der Waals surface area contributed by atoms with Crippen LogP contribution in [0, 0.1) is 0 Å². The van der Waals surface area contributed by atoms with Gasteiger partial charge in [-0.2, -0.15) is 0 Å². The predicted octanol–water partition coefficient (Wildman–Crippen LogP) is 3.21. The summed E-state index contributed by atoms with van der Waals surface area (Å²) in [6, 6.07) is 11.9. The third-order valence-electron chi connectivity index (χ3n) is 4.18. The number of H-pyrrole nitrogens is 1. The van der Waals surface area contributed by atoms with Crippen LogP contribution in [0.1, 0.15) is 0 Å². The number of hydrogen-bond acceptors (Lipinski definition) is 4. The minimum Gasteiger partial charge on any atom is -0.378 e. The van der Waals surface area contributed by atoms with Gasteiger partial charge in [0, 0.05) is 31.2 Å². The maximum absolute atomic E-state index is 5.46. The monoisotopic (exact) mass is 353 g/mol. The van der Waals surface area contributed by atoms with Gasteiger partial charge in [-0.25, -0.2) is 4.98 Å². The quantitative estimate of drug-likeness (QED) is 0.629. The number of rotatable bonds is 3. The first-order chi connectivity index (χ1) is 12.3. The Morgan fingerprint density at radius 2 is 1.92 bits per heavy atom. The van der Waals surface area contributed by atoms with Gasteiger partial charge in [0.15, 0.2) is 5.11 Å².